The van der Waals surface area contributed by atoms with Crippen molar-refractivity contribution in [3.63, 3.8) is 0 Å². The van der Waals surface area contributed by atoms with Crippen LogP contribution in [0.1, 0.15) is 30.9 Å². The van der Waals surface area contributed by atoms with Gasteiger partial charge in [-0.25, -0.2) is 0 Å². The van der Waals surface area contributed by atoms with E-state index in [1.54, 1.807) is 0 Å². The lowest BCUT2D eigenvalue weighted by Gasteiger charge is -2.01. The Balaban J connectivity index is 2.61. The maximum atomic E-state index is 10.1. The molecule has 0 aliphatic heterocycles. The molecule has 0 spiro atoms. The molecular weight excluding hydrogens is 160 g/mol. The van der Waals surface area contributed by atoms with Crippen molar-refractivity contribution in [3.05, 3.63) is 35.4 Å². The summed E-state index contributed by atoms with van der Waals surface area (Å²) < 4.78 is 0. The number of rotatable bonds is 5. The second-order valence-electron chi connectivity index (χ2n) is 3.21. The molecule has 1 aromatic carbocycles. The Morgan fingerprint density at radius 1 is 1.23 bits per heavy atom. The summed E-state index contributed by atoms with van der Waals surface area (Å²) in [7, 11) is 0. The predicted molar refractivity (Wildman–Crippen MR) is 54.5 cm³/mol. The van der Waals surface area contributed by atoms with Crippen molar-refractivity contribution in [2.75, 3.05) is 0 Å². The fourth-order valence-electron chi connectivity index (χ4n) is 1.42. The summed E-state index contributed by atoms with van der Waals surface area (Å²) in [5.41, 5.74) is 2.61. The molecule has 0 saturated heterocycles. The number of carbonyl (C=O) groups excluding carboxylic acids is 1. The lowest BCUT2D eigenvalue weighted by molar-refractivity contribution is 0.551. The standard InChI is InChI=1S/C12H15O/c1-2-5-11-6-3-7-12(10-11)8-4-9-13/h3,6-7,10H,2,4-5,8H2,1H3. The summed E-state index contributed by atoms with van der Waals surface area (Å²) >= 11 is 0. The van der Waals surface area contributed by atoms with Crippen LogP contribution in [-0.4, -0.2) is 6.29 Å². The van der Waals surface area contributed by atoms with Gasteiger partial charge in [0.15, 0.2) is 6.29 Å². The van der Waals surface area contributed by atoms with Crippen molar-refractivity contribution in [3.8, 4) is 0 Å². The summed E-state index contributed by atoms with van der Waals surface area (Å²) in [6, 6.07) is 8.44. The molecule has 0 fully saturated rings. The highest BCUT2D eigenvalue weighted by Gasteiger charge is 1.95. The average molecular weight is 175 g/mol. The number of aryl methyl sites for hydroxylation is 2. The number of hydrogen-bond donors (Lipinski definition) is 0. The van der Waals surface area contributed by atoms with Crippen LogP contribution >= 0.6 is 0 Å². The van der Waals surface area contributed by atoms with Gasteiger partial charge < -0.3 is 0 Å². The molecule has 0 amide bonds. The van der Waals surface area contributed by atoms with Gasteiger partial charge in [0.05, 0.1) is 0 Å². The number of hydrogen-bond acceptors (Lipinski definition) is 1. The van der Waals surface area contributed by atoms with Crippen molar-refractivity contribution in [2.45, 2.75) is 32.6 Å². The monoisotopic (exact) mass is 175 g/mol. The van der Waals surface area contributed by atoms with Crippen molar-refractivity contribution in [2.24, 2.45) is 0 Å². The van der Waals surface area contributed by atoms with E-state index in [-0.39, 0.29) is 0 Å². The van der Waals surface area contributed by atoms with E-state index in [1.807, 2.05) is 6.29 Å². The molecule has 0 aliphatic rings. The first-order chi connectivity index (χ1) is 6.36. The van der Waals surface area contributed by atoms with E-state index in [2.05, 4.69) is 31.2 Å². The van der Waals surface area contributed by atoms with Gasteiger partial charge in [-0.05, 0) is 24.0 Å². The Hall–Kier alpha value is -1.11. The molecular formula is C12H15O. The van der Waals surface area contributed by atoms with E-state index in [0.29, 0.717) is 6.42 Å². The Bertz CT molecular complexity index is 266. The zero-order valence-corrected chi connectivity index (χ0v) is 8.05. The van der Waals surface area contributed by atoms with E-state index >= 15 is 0 Å². The van der Waals surface area contributed by atoms with Crippen LogP contribution in [0, 0.1) is 0 Å². The lowest BCUT2D eigenvalue weighted by atomic mass is 10.0. The van der Waals surface area contributed by atoms with Crippen LogP contribution < -0.4 is 0 Å². The normalized spacial score (nSPS) is 9.92. The molecule has 69 valence electrons. The minimum Gasteiger partial charge on any atom is -0.291 e. The second kappa shape index (κ2) is 5.52. The highest BCUT2D eigenvalue weighted by atomic mass is 16.1. The first kappa shape index (κ1) is 9.97. The largest absolute Gasteiger partial charge is 0.291 e. The maximum absolute atomic E-state index is 10.1. The summed E-state index contributed by atoms with van der Waals surface area (Å²) in [5.74, 6) is 0. The Labute approximate surface area is 79.8 Å². The van der Waals surface area contributed by atoms with Crippen LogP contribution in [0.4, 0.5) is 0 Å². The first-order valence-electron chi connectivity index (χ1n) is 4.79. The van der Waals surface area contributed by atoms with Gasteiger partial charge in [0.2, 0.25) is 0 Å². The Morgan fingerprint density at radius 2 is 1.92 bits per heavy atom. The Morgan fingerprint density at radius 3 is 2.54 bits per heavy atom. The van der Waals surface area contributed by atoms with E-state index < -0.39 is 0 Å². The van der Waals surface area contributed by atoms with Crippen LogP contribution in [0.2, 0.25) is 0 Å². The zero-order chi connectivity index (χ0) is 9.52. The molecule has 0 N–H and O–H groups in total. The third-order valence-electron chi connectivity index (χ3n) is 2.05. The average Bonchev–Trinajstić information content (AvgIpc) is 2.16. The third kappa shape index (κ3) is 3.41. The molecule has 0 unspecified atom stereocenters. The summed E-state index contributed by atoms with van der Waals surface area (Å²) in [6.07, 6.45) is 5.54. The molecule has 0 saturated carbocycles. The molecule has 1 rings (SSSR count). The predicted octanol–water partition coefficient (Wildman–Crippen LogP) is 2.68. The molecule has 0 heterocycles. The molecule has 0 atom stereocenters. The van der Waals surface area contributed by atoms with Crippen LogP contribution in [0.3, 0.4) is 0 Å². The van der Waals surface area contributed by atoms with Crippen LogP contribution in [0.15, 0.2) is 24.3 Å². The maximum Gasteiger partial charge on any atom is 0.198 e. The second-order valence-corrected chi connectivity index (χ2v) is 3.21. The van der Waals surface area contributed by atoms with E-state index in [0.717, 1.165) is 12.8 Å². The molecule has 0 aromatic heterocycles. The van der Waals surface area contributed by atoms with Gasteiger partial charge in [-0.2, -0.15) is 0 Å². The summed E-state index contributed by atoms with van der Waals surface area (Å²) in [4.78, 5) is 10.1. The van der Waals surface area contributed by atoms with E-state index in [1.165, 1.54) is 17.5 Å². The summed E-state index contributed by atoms with van der Waals surface area (Å²) in [5, 5.41) is 0. The van der Waals surface area contributed by atoms with Crippen molar-refractivity contribution in [1.29, 1.82) is 0 Å². The molecule has 0 aliphatic carbocycles. The smallest absolute Gasteiger partial charge is 0.198 e. The highest BCUT2D eigenvalue weighted by molar-refractivity contribution is 5.51. The lowest BCUT2D eigenvalue weighted by Crippen LogP contribution is -1.89. The zero-order valence-electron chi connectivity index (χ0n) is 8.05. The van der Waals surface area contributed by atoms with Gasteiger partial charge >= 0.3 is 0 Å². The van der Waals surface area contributed by atoms with Gasteiger partial charge in [-0.1, -0.05) is 37.6 Å². The Kier molecular flexibility index (Phi) is 4.24. The fourth-order valence-corrected chi connectivity index (χ4v) is 1.42. The van der Waals surface area contributed by atoms with E-state index in [4.69, 9.17) is 0 Å². The fraction of sp³-hybridized carbons (Fsp3) is 0.417. The van der Waals surface area contributed by atoms with Gasteiger partial charge in [-0.15, -0.1) is 0 Å². The SMILES string of the molecule is CCCc1cccc(CC[C]=O)c1. The van der Waals surface area contributed by atoms with Crippen molar-refractivity contribution >= 4 is 6.29 Å². The minimum absolute atomic E-state index is 0.510. The van der Waals surface area contributed by atoms with Crippen LogP contribution in [0.25, 0.3) is 0 Å². The van der Waals surface area contributed by atoms with Crippen LogP contribution in [0.5, 0.6) is 0 Å². The molecule has 1 heteroatoms. The minimum atomic E-state index is 0.510. The highest BCUT2D eigenvalue weighted by Crippen LogP contribution is 2.08. The quantitative estimate of drug-likeness (QED) is 0.672. The molecule has 1 radical (unpaired) electrons. The molecule has 1 nitrogen and oxygen atoms in total. The molecule has 0 bridgehead atoms. The van der Waals surface area contributed by atoms with Gasteiger partial charge in [0, 0.05) is 6.42 Å². The van der Waals surface area contributed by atoms with Crippen molar-refractivity contribution in [1.82, 2.24) is 0 Å². The molecule has 13 heavy (non-hydrogen) atoms. The van der Waals surface area contributed by atoms with E-state index in [9.17, 15) is 4.79 Å². The molecule has 1 aromatic rings. The van der Waals surface area contributed by atoms with Crippen LogP contribution in [-0.2, 0) is 17.6 Å². The van der Waals surface area contributed by atoms with Crippen molar-refractivity contribution < 1.29 is 4.79 Å². The number of benzene rings is 1. The third-order valence-corrected chi connectivity index (χ3v) is 2.05. The van der Waals surface area contributed by atoms with Gasteiger partial charge in [-0.3, -0.25) is 4.79 Å². The topological polar surface area (TPSA) is 17.1 Å². The first-order valence-corrected chi connectivity index (χ1v) is 4.79. The van der Waals surface area contributed by atoms with Gasteiger partial charge in [0.1, 0.15) is 0 Å². The summed E-state index contributed by atoms with van der Waals surface area (Å²) in [6.45, 7) is 2.17. The van der Waals surface area contributed by atoms with Gasteiger partial charge in [0.25, 0.3) is 0 Å².